The van der Waals surface area contributed by atoms with Gasteiger partial charge < -0.3 is 8.37 Å². The largest absolute Gasteiger partial charge is 0.367 e. The van der Waals surface area contributed by atoms with Crippen LogP contribution in [0, 0.1) is 13.8 Å². The SMILES string of the molecule is C=C(OS(=O)(=O)c1ccc(C)cc1)S(=O)(=O)C(=C)OS(=O)(=O)c1ccc(C)cc1. The molecule has 0 bridgehead atoms. The molecule has 0 aliphatic carbocycles. The van der Waals surface area contributed by atoms with Gasteiger partial charge in [0.2, 0.25) is 10.2 Å². The number of benzene rings is 2. The molecule has 2 aromatic rings. The van der Waals surface area contributed by atoms with Crippen molar-refractivity contribution in [3.8, 4) is 0 Å². The van der Waals surface area contributed by atoms with Gasteiger partial charge in [-0.1, -0.05) is 35.4 Å². The van der Waals surface area contributed by atoms with Crippen molar-refractivity contribution in [2.45, 2.75) is 23.6 Å². The summed E-state index contributed by atoms with van der Waals surface area (Å²) in [5.74, 6) is 0. The molecular weight excluding hydrogens is 440 g/mol. The number of aryl methyl sites for hydroxylation is 2. The molecule has 0 saturated heterocycles. The van der Waals surface area contributed by atoms with E-state index in [-0.39, 0.29) is 9.79 Å². The van der Waals surface area contributed by atoms with E-state index >= 15 is 0 Å². The van der Waals surface area contributed by atoms with E-state index in [2.05, 4.69) is 21.5 Å². The minimum atomic E-state index is -4.83. The molecule has 0 N–H and O–H groups in total. The van der Waals surface area contributed by atoms with Crippen LogP contribution in [0.3, 0.4) is 0 Å². The van der Waals surface area contributed by atoms with Crippen LogP contribution < -0.4 is 0 Å². The van der Waals surface area contributed by atoms with Crippen LogP contribution in [0.4, 0.5) is 0 Å². The molecular formula is C18H18O8S3. The van der Waals surface area contributed by atoms with E-state index in [1.807, 2.05) is 0 Å². The Balaban J connectivity index is 2.22. The lowest BCUT2D eigenvalue weighted by Crippen LogP contribution is -2.17. The van der Waals surface area contributed by atoms with Crippen molar-refractivity contribution in [1.29, 1.82) is 0 Å². The van der Waals surface area contributed by atoms with Gasteiger partial charge in [-0.15, -0.1) is 0 Å². The standard InChI is InChI=1S/C18H18O8S3/c1-13-5-9-17(10-6-13)28(21,22)25-15(3)27(19,20)16(4)26-29(23,24)18-11-7-14(2)8-12-18/h5-12H,3-4H2,1-2H3. The monoisotopic (exact) mass is 458 g/mol. The van der Waals surface area contributed by atoms with E-state index < -0.39 is 40.3 Å². The van der Waals surface area contributed by atoms with Gasteiger partial charge in [-0.25, -0.2) is 8.42 Å². The van der Waals surface area contributed by atoms with Crippen LogP contribution >= 0.6 is 0 Å². The number of hydrogen-bond acceptors (Lipinski definition) is 8. The van der Waals surface area contributed by atoms with Crippen LogP contribution in [0.2, 0.25) is 0 Å². The van der Waals surface area contributed by atoms with Crippen molar-refractivity contribution in [2.24, 2.45) is 0 Å². The average molecular weight is 459 g/mol. The Morgan fingerprint density at radius 2 is 0.897 bits per heavy atom. The Kier molecular flexibility index (Phi) is 6.26. The zero-order valence-electron chi connectivity index (χ0n) is 15.5. The molecule has 0 heterocycles. The lowest BCUT2D eigenvalue weighted by atomic mass is 10.2. The maximum atomic E-state index is 12.4. The van der Waals surface area contributed by atoms with Gasteiger partial charge in [0.05, 0.1) is 0 Å². The normalized spacial score (nSPS) is 12.2. The highest BCUT2D eigenvalue weighted by atomic mass is 32.2. The molecule has 156 valence electrons. The second-order valence-corrected chi connectivity index (χ2v) is 11.0. The molecule has 29 heavy (non-hydrogen) atoms. The summed E-state index contributed by atoms with van der Waals surface area (Å²) >= 11 is 0. The highest BCUT2D eigenvalue weighted by Gasteiger charge is 2.32. The van der Waals surface area contributed by atoms with Crippen molar-refractivity contribution < 1.29 is 33.6 Å². The predicted octanol–water partition coefficient (Wildman–Crippen LogP) is 2.77. The zero-order chi connectivity index (χ0) is 22.0. The van der Waals surface area contributed by atoms with Crippen LogP contribution in [-0.4, -0.2) is 25.3 Å². The van der Waals surface area contributed by atoms with Crippen LogP contribution in [0.1, 0.15) is 11.1 Å². The van der Waals surface area contributed by atoms with Crippen molar-refractivity contribution >= 4 is 30.1 Å². The second kappa shape index (κ2) is 8.01. The summed E-state index contributed by atoms with van der Waals surface area (Å²) < 4.78 is 82.7. The van der Waals surface area contributed by atoms with Crippen LogP contribution in [-0.2, 0) is 38.4 Å². The van der Waals surface area contributed by atoms with E-state index in [0.29, 0.717) is 0 Å². The molecule has 0 amide bonds. The Morgan fingerprint density at radius 3 is 1.17 bits per heavy atom. The maximum absolute atomic E-state index is 12.4. The van der Waals surface area contributed by atoms with Crippen molar-refractivity contribution in [2.75, 3.05) is 0 Å². The fraction of sp³-hybridized carbons (Fsp3) is 0.111. The molecule has 0 spiro atoms. The fourth-order valence-corrected chi connectivity index (χ4v) is 5.10. The zero-order valence-corrected chi connectivity index (χ0v) is 18.0. The van der Waals surface area contributed by atoms with Gasteiger partial charge in [-0.3, -0.25) is 0 Å². The molecule has 0 aliphatic heterocycles. The number of hydrogen-bond donors (Lipinski definition) is 0. The first-order valence-electron chi connectivity index (χ1n) is 7.91. The third kappa shape index (κ3) is 5.25. The summed E-state index contributed by atoms with van der Waals surface area (Å²) in [5.41, 5.74) is 1.55. The van der Waals surface area contributed by atoms with Gasteiger partial charge in [0.25, 0.3) is 9.84 Å². The third-order valence-electron chi connectivity index (χ3n) is 3.62. The minimum absolute atomic E-state index is 0.307. The fourth-order valence-electron chi connectivity index (χ4n) is 1.97. The van der Waals surface area contributed by atoms with Crippen molar-refractivity contribution in [3.05, 3.63) is 83.0 Å². The molecule has 0 aliphatic rings. The predicted molar refractivity (Wildman–Crippen MR) is 106 cm³/mol. The highest BCUT2D eigenvalue weighted by molar-refractivity contribution is 8.00. The summed E-state index contributed by atoms with van der Waals surface area (Å²) in [6, 6.07) is 10.8. The molecule has 0 aromatic heterocycles. The summed E-state index contributed by atoms with van der Waals surface area (Å²) in [5, 5.41) is -2.50. The van der Waals surface area contributed by atoms with E-state index in [4.69, 9.17) is 0 Å². The topological polar surface area (TPSA) is 121 Å². The van der Waals surface area contributed by atoms with Gasteiger partial charge in [-0.05, 0) is 51.3 Å². The van der Waals surface area contributed by atoms with Gasteiger partial charge in [-0.2, -0.15) is 16.8 Å². The smallest absolute Gasteiger partial charge is 0.339 e. The van der Waals surface area contributed by atoms with Gasteiger partial charge >= 0.3 is 20.2 Å². The first-order chi connectivity index (χ1) is 13.3. The lowest BCUT2D eigenvalue weighted by Gasteiger charge is -2.13. The minimum Gasteiger partial charge on any atom is -0.367 e. The van der Waals surface area contributed by atoms with Crippen LogP contribution in [0.5, 0.6) is 0 Å². The summed E-state index contributed by atoms with van der Waals surface area (Å²) in [6.07, 6.45) is 0. The number of sulfone groups is 1. The maximum Gasteiger partial charge on any atom is 0.339 e. The van der Waals surface area contributed by atoms with Crippen molar-refractivity contribution in [3.63, 3.8) is 0 Å². The molecule has 0 atom stereocenters. The first-order valence-corrected chi connectivity index (χ1v) is 12.2. The van der Waals surface area contributed by atoms with Crippen molar-refractivity contribution in [1.82, 2.24) is 0 Å². The summed E-state index contributed by atoms with van der Waals surface area (Å²) in [6.45, 7) is 9.60. The second-order valence-electron chi connectivity index (χ2n) is 5.95. The molecule has 8 nitrogen and oxygen atoms in total. The van der Waals surface area contributed by atoms with E-state index in [1.54, 1.807) is 13.8 Å². The first kappa shape index (κ1) is 22.7. The quantitative estimate of drug-likeness (QED) is 0.437. The average Bonchev–Trinajstić information content (AvgIpc) is 2.61. The van der Waals surface area contributed by atoms with Gasteiger partial charge in [0.1, 0.15) is 9.79 Å². The third-order valence-corrected chi connectivity index (χ3v) is 7.74. The van der Waals surface area contributed by atoms with E-state index in [1.165, 1.54) is 48.5 Å². The molecule has 0 saturated carbocycles. The Bertz CT molecular complexity index is 1160. The lowest BCUT2D eigenvalue weighted by molar-refractivity contribution is 0.410. The number of rotatable bonds is 8. The molecule has 11 heteroatoms. The summed E-state index contributed by atoms with van der Waals surface area (Å²) in [7, 11) is -13.9. The Morgan fingerprint density at radius 1 is 0.621 bits per heavy atom. The molecule has 0 unspecified atom stereocenters. The van der Waals surface area contributed by atoms with Crippen LogP contribution in [0.25, 0.3) is 0 Å². The van der Waals surface area contributed by atoms with Gasteiger partial charge in [0.15, 0.2) is 0 Å². The van der Waals surface area contributed by atoms with Crippen LogP contribution in [0.15, 0.2) is 81.7 Å². The van der Waals surface area contributed by atoms with E-state index in [9.17, 15) is 25.3 Å². The van der Waals surface area contributed by atoms with E-state index in [0.717, 1.165) is 11.1 Å². The molecule has 2 rings (SSSR count). The molecule has 0 radical (unpaired) electrons. The molecule has 2 aromatic carbocycles. The Labute approximate surface area is 170 Å². The highest BCUT2D eigenvalue weighted by Crippen LogP contribution is 2.25. The summed E-state index contributed by atoms with van der Waals surface area (Å²) in [4.78, 5) is -0.614. The molecule has 0 fully saturated rings. The van der Waals surface area contributed by atoms with Gasteiger partial charge in [0, 0.05) is 0 Å². The Hall–Kier alpha value is -2.63.